The van der Waals surface area contributed by atoms with Gasteiger partial charge in [-0.05, 0) is 29.9 Å². The van der Waals surface area contributed by atoms with E-state index in [0.29, 0.717) is 9.09 Å². The highest BCUT2D eigenvalue weighted by molar-refractivity contribution is 7.73. The minimum absolute atomic E-state index is 0.135. The topological polar surface area (TPSA) is 119 Å². The van der Waals surface area contributed by atoms with Gasteiger partial charge in [0.25, 0.3) is 0 Å². The average Bonchev–Trinajstić information content (AvgIpc) is 2.92. The Morgan fingerprint density at radius 1 is 1.39 bits per heavy atom. The SMILES string of the molecule is CNC(=O)[C@H](Cc1ccc(O)cc1)NC(=O)Nc1n[nH]c(=S)s1. The van der Waals surface area contributed by atoms with Gasteiger partial charge in [0, 0.05) is 13.5 Å². The van der Waals surface area contributed by atoms with Gasteiger partial charge in [-0.1, -0.05) is 23.5 Å². The molecule has 0 aliphatic rings. The van der Waals surface area contributed by atoms with Gasteiger partial charge >= 0.3 is 6.03 Å². The lowest BCUT2D eigenvalue weighted by Crippen LogP contribution is -2.48. The molecule has 1 aromatic heterocycles. The van der Waals surface area contributed by atoms with Crippen molar-refractivity contribution in [2.75, 3.05) is 12.4 Å². The minimum atomic E-state index is -0.767. The van der Waals surface area contributed by atoms with Crippen LogP contribution in [0, 0.1) is 3.95 Å². The second-order valence-electron chi connectivity index (χ2n) is 4.55. The van der Waals surface area contributed by atoms with Crippen molar-refractivity contribution in [2.45, 2.75) is 12.5 Å². The Balaban J connectivity index is 2.03. The number of nitrogens with zero attached hydrogens (tertiary/aromatic N) is 1. The van der Waals surface area contributed by atoms with Crippen LogP contribution < -0.4 is 16.0 Å². The van der Waals surface area contributed by atoms with Crippen LogP contribution in [0.5, 0.6) is 5.75 Å². The first-order chi connectivity index (χ1) is 11.0. The van der Waals surface area contributed by atoms with Crippen molar-refractivity contribution < 1.29 is 14.7 Å². The van der Waals surface area contributed by atoms with E-state index in [-0.39, 0.29) is 18.1 Å². The first-order valence-electron chi connectivity index (χ1n) is 6.60. The van der Waals surface area contributed by atoms with Gasteiger partial charge in [-0.25, -0.2) is 4.79 Å². The number of phenols is 1. The Hall–Kier alpha value is -2.46. The third-order valence-corrected chi connectivity index (χ3v) is 3.91. The molecular formula is C13H15N5O3S2. The third kappa shape index (κ3) is 5.04. The van der Waals surface area contributed by atoms with Gasteiger partial charge in [0.2, 0.25) is 11.0 Å². The predicted molar refractivity (Wildman–Crippen MR) is 89.1 cm³/mol. The van der Waals surface area contributed by atoms with Crippen LogP contribution in [0.3, 0.4) is 0 Å². The van der Waals surface area contributed by atoms with Crippen LogP contribution in [0.4, 0.5) is 9.93 Å². The standard InChI is InChI=1S/C13H15N5O3S2/c1-14-10(20)9(6-7-2-4-8(19)5-3-7)15-11(21)16-12-17-18-13(22)23-12/h2-5,9,19H,6H2,1H3,(H,14,20)(H,18,22)(H2,15,16,17,21)/t9-/m0/s1. The van der Waals surface area contributed by atoms with Crippen molar-refractivity contribution in [3.8, 4) is 5.75 Å². The average molecular weight is 353 g/mol. The van der Waals surface area contributed by atoms with E-state index in [4.69, 9.17) is 12.2 Å². The number of hydrogen-bond donors (Lipinski definition) is 5. The van der Waals surface area contributed by atoms with Gasteiger partial charge in [0.15, 0.2) is 3.95 Å². The number of aromatic amines is 1. The van der Waals surface area contributed by atoms with Crippen LogP contribution in [0.1, 0.15) is 5.56 Å². The van der Waals surface area contributed by atoms with Crippen molar-refractivity contribution in [1.29, 1.82) is 0 Å². The van der Waals surface area contributed by atoms with Crippen LogP contribution in [0.15, 0.2) is 24.3 Å². The van der Waals surface area contributed by atoms with Crippen molar-refractivity contribution in [2.24, 2.45) is 0 Å². The zero-order chi connectivity index (χ0) is 16.8. The number of phenolic OH excluding ortho intramolecular Hbond substituents is 1. The Bertz CT molecular complexity index is 741. The normalized spacial score (nSPS) is 11.5. The Morgan fingerprint density at radius 3 is 2.65 bits per heavy atom. The van der Waals surface area contributed by atoms with Crippen LogP contribution in [0.25, 0.3) is 0 Å². The fourth-order valence-corrected chi connectivity index (χ4v) is 2.61. The number of H-pyrrole nitrogens is 1. The lowest BCUT2D eigenvalue weighted by atomic mass is 10.1. The first kappa shape index (κ1) is 16.9. The second kappa shape index (κ2) is 7.70. The number of rotatable bonds is 5. The summed E-state index contributed by atoms with van der Waals surface area (Å²) < 4.78 is 0.437. The van der Waals surface area contributed by atoms with E-state index < -0.39 is 12.1 Å². The smallest absolute Gasteiger partial charge is 0.321 e. The van der Waals surface area contributed by atoms with Crippen LogP contribution in [-0.4, -0.2) is 40.3 Å². The Morgan fingerprint density at radius 2 is 2.09 bits per heavy atom. The van der Waals surface area contributed by atoms with Gasteiger partial charge in [-0.2, -0.15) is 0 Å². The largest absolute Gasteiger partial charge is 0.508 e. The lowest BCUT2D eigenvalue weighted by molar-refractivity contribution is -0.122. The summed E-state index contributed by atoms with van der Waals surface area (Å²) in [5.41, 5.74) is 0.798. The highest BCUT2D eigenvalue weighted by atomic mass is 32.1. The van der Waals surface area contributed by atoms with Crippen LogP contribution >= 0.6 is 23.6 Å². The molecule has 10 heteroatoms. The van der Waals surface area contributed by atoms with Crippen molar-refractivity contribution >= 4 is 40.6 Å². The fraction of sp³-hybridized carbons (Fsp3) is 0.231. The summed E-state index contributed by atoms with van der Waals surface area (Å²) in [5, 5.41) is 23.5. The number of amides is 3. The summed E-state index contributed by atoms with van der Waals surface area (Å²) in [6.45, 7) is 0. The van der Waals surface area contributed by atoms with E-state index in [9.17, 15) is 14.7 Å². The maximum atomic E-state index is 12.0. The van der Waals surface area contributed by atoms with E-state index >= 15 is 0 Å². The monoisotopic (exact) mass is 353 g/mol. The van der Waals surface area contributed by atoms with E-state index in [1.807, 2.05) is 0 Å². The zero-order valence-electron chi connectivity index (χ0n) is 12.1. The number of hydrogen-bond acceptors (Lipinski definition) is 6. The first-order valence-corrected chi connectivity index (χ1v) is 7.83. The molecule has 8 nitrogen and oxygen atoms in total. The van der Waals surface area contributed by atoms with Gasteiger partial charge in [0.05, 0.1) is 0 Å². The van der Waals surface area contributed by atoms with Crippen molar-refractivity contribution in [1.82, 2.24) is 20.8 Å². The summed E-state index contributed by atoms with van der Waals surface area (Å²) in [6.07, 6.45) is 0.281. The van der Waals surface area contributed by atoms with E-state index in [2.05, 4.69) is 26.1 Å². The number of anilines is 1. The van der Waals surface area contributed by atoms with Gasteiger partial charge in [-0.15, -0.1) is 5.10 Å². The summed E-state index contributed by atoms with van der Waals surface area (Å²) in [4.78, 5) is 23.9. The fourth-order valence-electron chi connectivity index (χ4n) is 1.83. The molecule has 0 fully saturated rings. The highest BCUT2D eigenvalue weighted by Gasteiger charge is 2.20. The molecule has 3 amide bonds. The third-order valence-electron chi connectivity index (χ3n) is 2.90. The van der Waals surface area contributed by atoms with E-state index in [1.165, 1.54) is 19.2 Å². The minimum Gasteiger partial charge on any atom is -0.508 e. The van der Waals surface area contributed by atoms with Gasteiger partial charge in [0.1, 0.15) is 11.8 Å². The molecule has 1 atom stereocenters. The quantitative estimate of drug-likeness (QED) is 0.520. The Kier molecular flexibility index (Phi) is 5.66. The lowest BCUT2D eigenvalue weighted by Gasteiger charge is -2.17. The maximum absolute atomic E-state index is 12.0. The number of urea groups is 1. The maximum Gasteiger partial charge on any atom is 0.321 e. The number of likely N-dealkylation sites (N-methyl/N-ethyl adjacent to an activating group) is 1. The molecule has 0 spiro atoms. The Labute approximate surface area is 140 Å². The van der Waals surface area contributed by atoms with Crippen molar-refractivity contribution in [3.05, 3.63) is 33.8 Å². The van der Waals surface area contributed by atoms with Crippen molar-refractivity contribution in [3.63, 3.8) is 0 Å². The number of aromatic hydroxyl groups is 1. The molecule has 1 heterocycles. The van der Waals surface area contributed by atoms with E-state index in [1.54, 1.807) is 12.1 Å². The molecule has 0 saturated carbocycles. The molecule has 23 heavy (non-hydrogen) atoms. The summed E-state index contributed by atoms with van der Waals surface area (Å²) >= 11 is 5.99. The number of aromatic nitrogens is 2. The molecule has 1 aromatic carbocycles. The van der Waals surface area contributed by atoms with E-state index in [0.717, 1.165) is 16.9 Å². The second-order valence-corrected chi connectivity index (χ2v) is 6.22. The van der Waals surface area contributed by atoms with Gasteiger partial charge < -0.3 is 15.7 Å². The molecular weight excluding hydrogens is 338 g/mol. The predicted octanol–water partition coefficient (Wildman–Crippen LogP) is 1.39. The van der Waals surface area contributed by atoms with Crippen LogP contribution in [0.2, 0.25) is 0 Å². The van der Waals surface area contributed by atoms with Gasteiger partial charge in [-0.3, -0.25) is 15.2 Å². The molecule has 0 bridgehead atoms. The summed E-state index contributed by atoms with van der Waals surface area (Å²) in [5.74, 6) is -0.196. The number of benzene rings is 1. The van der Waals surface area contributed by atoms with Crippen LogP contribution in [-0.2, 0) is 11.2 Å². The number of nitrogens with one attached hydrogen (secondary N) is 4. The molecule has 0 unspecified atom stereocenters. The molecule has 0 aliphatic carbocycles. The molecule has 0 radical (unpaired) electrons. The molecule has 2 rings (SSSR count). The number of carbonyl (C=O) groups is 2. The summed E-state index contributed by atoms with van der Waals surface area (Å²) in [6, 6.07) is 5.08. The molecule has 0 aliphatic heterocycles. The molecule has 122 valence electrons. The zero-order valence-corrected chi connectivity index (χ0v) is 13.8. The summed E-state index contributed by atoms with van der Waals surface area (Å²) in [7, 11) is 1.49. The molecule has 0 saturated heterocycles. The number of carbonyl (C=O) groups excluding carboxylic acids is 2. The molecule has 5 N–H and O–H groups in total. The highest BCUT2D eigenvalue weighted by Crippen LogP contribution is 2.12. The molecule has 2 aromatic rings.